The first-order chi connectivity index (χ1) is 15.1. The summed E-state index contributed by atoms with van der Waals surface area (Å²) in [5.41, 5.74) is 4.66. The Morgan fingerprint density at radius 2 is 1.48 bits per heavy atom. The van der Waals surface area contributed by atoms with E-state index in [9.17, 15) is 14.7 Å². The number of rotatable bonds is 4. The van der Waals surface area contributed by atoms with Crippen molar-refractivity contribution in [3.05, 3.63) is 108 Å². The fraction of sp³-hybridized carbons (Fsp3) is 0.0370. The van der Waals surface area contributed by atoms with Crippen LogP contribution in [0.5, 0.6) is 5.75 Å². The van der Waals surface area contributed by atoms with Crippen molar-refractivity contribution in [1.29, 1.82) is 0 Å². The average molecular weight is 405 g/mol. The highest BCUT2D eigenvalue weighted by Crippen LogP contribution is 2.38. The first-order valence-corrected chi connectivity index (χ1v) is 10.0. The van der Waals surface area contributed by atoms with Gasteiger partial charge in [-0.15, -0.1) is 0 Å². The van der Waals surface area contributed by atoms with Gasteiger partial charge in [0.05, 0.1) is 16.6 Å². The molecule has 2 heterocycles. The van der Waals surface area contributed by atoms with E-state index in [4.69, 9.17) is 0 Å². The maximum Gasteiger partial charge on any atom is 0.198 e. The van der Waals surface area contributed by atoms with E-state index in [0.29, 0.717) is 11.1 Å². The van der Waals surface area contributed by atoms with Crippen LogP contribution < -0.4 is 0 Å². The van der Waals surface area contributed by atoms with Gasteiger partial charge in [-0.1, -0.05) is 60.7 Å². The van der Waals surface area contributed by atoms with Gasteiger partial charge in [0, 0.05) is 28.3 Å². The third-order valence-electron chi connectivity index (χ3n) is 5.59. The predicted octanol–water partition coefficient (Wildman–Crippen LogP) is 5.90. The highest BCUT2D eigenvalue weighted by molar-refractivity contribution is 6.16. The van der Waals surface area contributed by atoms with Crippen molar-refractivity contribution in [2.45, 2.75) is 6.92 Å². The molecular weight excluding hydrogens is 386 g/mol. The smallest absolute Gasteiger partial charge is 0.198 e. The largest absolute Gasteiger partial charge is 0.507 e. The van der Waals surface area contributed by atoms with Gasteiger partial charge >= 0.3 is 0 Å². The minimum Gasteiger partial charge on any atom is -0.507 e. The molecule has 5 aromatic rings. The highest BCUT2D eigenvalue weighted by atomic mass is 16.3. The third kappa shape index (κ3) is 3.01. The lowest BCUT2D eigenvalue weighted by molar-refractivity contribution is 0.101. The molecule has 0 spiro atoms. The molecule has 0 aliphatic carbocycles. The van der Waals surface area contributed by atoms with E-state index in [1.807, 2.05) is 59.0 Å². The zero-order valence-electron chi connectivity index (χ0n) is 16.9. The Kier molecular flexibility index (Phi) is 4.41. The number of benzene rings is 3. The van der Waals surface area contributed by atoms with Gasteiger partial charge in [0.15, 0.2) is 11.6 Å². The minimum absolute atomic E-state index is 0.0840. The number of phenols is 1. The van der Waals surface area contributed by atoms with Crippen molar-refractivity contribution in [3.63, 3.8) is 0 Å². The molecule has 0 amide bonds. The summed E-state index contributed by atoms with van der Waals surface area (Å²) in [4.78, 5) is 25.9. The van der Waals surface area contributed by atoms with E-state index >= 15 is 0 Å². The van der Waals surface area contributed by atoms with Crippen molar-refractivity contribution in [3.8, 4) is 16.9 Å². The molecule has 5 rings (SSSR count). The van der Waals surface area contributed by atoms with Gasteiger partial charge in [0.2, 0.25) is 0 Å². The summed E-state index contributed by atoms with van der Waals surface area (Å²) in [5, 5.41) is 11.2. The van der Waals surface area contributed by atoms with Crippen LogP contribution in [0.3, 0.4) is 0 Å². The van der Waals surface area contributed by atoms with E-state index in [-0.39, 0.29) is 22.9 Å². The zero-order chi connectivity index (χ0) is 21.5. The zero-order valence-corrected chi connectivity index (χ0v) is 16.9. The Morgan fingerprint density at radius 1 is 0.806 bits per heavy atom. The fourth-order valence-electron chi connectivity index (χ4n) is 4.17. The lowest BCUT2D eigenvalue weighted by Crippen LogP contribution is -2.07. The SMILES string of the molecule is CC(=O)c1cc(C(=O)c2ccccc2O)cn2c1c(-c1ccccc1)c1ccccc12. The molecule has 4 heteroatoms. The Hall–Kier alpha value is -4.18. The van der Waals surface area contributed by atoms with E-state index in [2.05, 4.69) is 0 Å². The molecule has 150 valence electrons. The molecular formula is C27H19NO3. The minimum atomic E-state index is -0.332. The van der Waals surface area contributed by atoms with Crippen LogP contribution in [0.4, 0.5) is 0 Å². The van der Waals surface area contributed by atoms with Crippen molar-refractivity contribution in [2.24, 2.45) is 0 Å². The Morgan fingerprint density at radius 3 is 2.23 bits per heavy atom. The van der Waals surface area contributed by atoms with Crippen LogP contribution in [0, 0.1) is 0 Å². The number of nitrogens with zero attached hydrogens (tertiary/aromatic N) is 1. The maximum absolute atomic E-state index is 13.2. The molecule has 0 bridgehead atoms. The number of para-hydroxylation sites is 2. The summed E-state index contributed by atoms with van der Waals surface area (Å²) < 4.78 is 1.92. The fourth-order valence-corrected chi connectivity index (χ4v) is 4.17. The number of carbonyl (C=O) groups excluding carboxylic acids is 2. The molecule has 0 atom stereocenters. The van der Waals surface area contributed by atoms with Crippen molar-refractivity contribution < 1.29 is 14.7 Å². The summed E-state index contributed by atoms with van der Waals surface area (Å²) in [5.74, 6) is -0.544. The standard InChI is InChI=1S/C27H19NO3/c1-17(29)22-15-19(27(31)21-12-6-8-14-24(21)30)16-28-23-13-7-5-11-20(23)25(26(22)28)18-9-3-2-4-10-18/h2-16,30H,1H3. The molecule has 0 aliphatic rings. The topological polar surface area (TPSA) is 58.8 Å². The predicted molar refractivity (Wildman–Crippen MR) is 122 cm³/mol. The number of Topliss-reactive ketones (excluding diaryl/α,β-unsaturated/α-hetero) is 1. The van der Waals surface area contributed by atoms with Gasteiger partial charge in [-0.25, -0.2) is 0 Å². The van der Waals surface area contributed by atoms with Gasteiger partial charge in [0.25, 0.3) is 0 Å². The molecule has 31 heavy (non-hydrogen) atoms. The van der Waals surface area contributed by atoms with Gasteiger partial charge in [-0.05, 0) is 36.8 Å². The highest BCUT2D eigenvalue weighted by Gasteiger charge is 2.22. The molecule has 0 fully saturated rings. The van der Waals surface area contributed by atoms with E-state index in [1.54, 1.807) is 30.5 Å². The molecule has 2 aromatic heterocycles. The number of hydrogen-bond donors (Lipinski definition) is 1. The third-order valence-corrected chi connectivity index (χ3v) is 5.59. The van der Waals surface area contributed by atoms with Crippen LogP contribution in [-0.4, -0.2) is 21.1 Å². The number of carbonyl (C=O) groups is 2. The second-order valence-corrected chi connectivity index (χ2v) is 7.52. The molecule has 0 saturated carbocycles. The van der Waals surface area contributed by atoms with Gasteiger partial charge in [-0.3, -0.25) is 9.59 Å². The lowest BCUT2D eigenvalue weighted by atomic mass is 9.97. The molecule has 0 saturated heterocycles. The van der Waals surface area contributed by atoms with Crippen molar-refractivity contribution in [1.82, 2.24) is 4.40 Å². The number of fused-ring (bicyclic) bond motifs is 3. The van der Waals surface area contributed by atoms with Crippen LogP contribution in [-0.2, 0) is 0 Å². The van der Waals surface area contributed by atoms with E-state index in [1.165, 1.54) is 13.0 Å². The van der Waals surface area contributed by atoms with Crippen LogP contribution in [0.25, 0.3) is 27.5 Å². The number of hydrogen-bond acceptors (Lipinski definition) is 3. The summed E-state index contributed by atoms with van der Waals surface area (Å²) in [6.07, 6.45) is 1.76. The monoisotopic (exact) mass is 405 g/mol. The Bertz CT molecular complexity index is 1480. The Labute approximate surface area is 179 Å². The van der Waals surface area contributed by atoms with Crippen LogP contribution in [0.1, 0.15) is 33.2 Å². The molecule has 3 aromatic carbocycles. The van der Waals surface area contributed by atoms with Gasteiger partial charge in [-0.2, -0.15) is 0 Å². The van der Waals surface area contributed by atoms with Gasteiger partial charge < -0.3 is 9.51 Å². The second-order valence-electron chi connectivity index (χ2n) is 7.52. The summed E-state index contributed by atoms with van der Waals surface area (Å²) in [6, 6.07) is 25.9. The van der Waals surface area contributed by atoms with Crippen molar-refractivity contribution in [2.75, 3.05) is 0 Å². The summed E-state index contributed by atoms with van der Waals surface area (Å²) >= 11 is 0. The second kappa shape index (κ2) is 7.26. The molecule has 1 N–H and O–H groups in total. The summed E-state index contributed by atoms with van der Waals surface area (Å²) in [7, 11) is 0. The van der Waals surface area contributed by atoms with Crippen LogP contribution in [0.2, 0.25) is 0 Å². The first-order valence-electron chi connectivity index (χ1n) is 10.0. The molecule has 4 nitrogen and oxygen atoms in total. The van der Waals surface area contributed by atoms with Crippen LogP contribution in [0.15, 0.2) is 91.1 Å². The molecule has 0 aliphatic heterocycles. The van der Waals surface area contributed by atoms with Crippen molar-refractivity contribution >= 4 is 28.0 Å². The number of aromatic hydroxyl groups is 1. The number of phenolic OH excluding ortho intramolecular Hbond substituents is 1. The van der Waals surface area contributed by atoms with E-state index in [0.717, 1.165) is 27.5 Å². The quantitative estimate of drug-likeness (QED) is 0.379. The van der Waals surface area contributed by atoms with E-state index < -0.39 is 0 Å². The maximum atomic E-state index is 13.2. The number of ketones is 2. The Balaban J connectivity index is 1.88. The summed E-state index contributed by atoms with van der Waals surface area (Å²) in [6.45, 7) is 1.51. The molecule has 0 radical (unpaired) electrons. The number of pyridine rings is 1. The van der Waals surface area contributed by atoms with Gasteiger partial charge in [0.1, 0.15) is 5.75 Å². The number of aromatic nitrogens is 1. The van der Waals surface area contributed by atoms with Crippen LogP contribution >= 0.6 is 0 Å². The first kappa shape index (κ1) is 18.8. The average Bonchev–Trinajstić information content (AvgIpc) is 3.13. The lowest BCUT2D eigenvalue weighted by Gasteiger charge is -2.10. The molecule has 0 unspecified atom stereocenters. The normalized spacial score (nSPS) is 11.1.